The maximum absolute atomic E-state index is 10.9. The van der Waals surface area contributed by atoms with Crippen molar-refractivity contribution in [1.29, 1.82) is 5.41 Å². The molecule has 1 aliphatic heterocycles. The van der Waals surface area contributed by atoms with E-state index in [1.165, 1.54) is 6.21 Å². The Labute approximate surface area is 216 Å². The molecule has 1 aliphatic rings. The summed E-state index contributed by atoms with van der Waals surface area (Å²) in [5.41, 5.74) is 10.1. The van der Waals surface area contributed by atoms with Crippen LogP contribution in [-0.2, 0) is 16.0 Å². The van der Waals surface area contributed by atoms with Crippen LogP contribution in [0.4, 0.5) is 11.4 Å². The molecule has 1 aromatic heterocycles. The molecule has 0 unspecified atom stereocenters. The van der Waals surface area contributed by atoms with Crippen LogP contribution in [-0.4, -0.2) is 72.3 Å². The number of nitrogen functional groups attached to an aromatic ring is 1. The number of nitrogens with two attached hydrogens (primary N) is 1. The number of hydrogen-bond acceptors (Lipinski definition) is 7. The lowest BCUT2D eigenvalue weighted by Gasteiger charge is -2.40. The van der Waals surface area contributed by atoms with E-state index in [2.05, 4.69) is 47.7 Å². The Kier molecular flexibility index (Phi) is 9.30. The van der Waals surface area contributed by atoms with Crippen LogP contribution >= 0.6 is 0 Å². The quantitative estimate of drug-likeness (QED) is 0.213. The number of carbonyl (C=O) groups is 1. The number of carbonyl (C=O) groups excluding carboxylic acids is 1. The standard InChI is InChI=1S/C28H44N6O2/c1-6-7-8-25-31-24(18-29)26(32-25)22-17-21(9-10-23(22)30)34-14-12-33(13-15-34)19-27(2,3)20-36-28(4,5)11-16-35/h9-10,16-18,29H,6-8,11-15,19-20,30H2,1-5H3,(H,31,32). The van der Waals surface area contributed by atoms with Gasteiger partial charge in [-0.25, -0.2) is 4.98 Å². The first-order chi connectivity index (χ1) is 17.1. The fourth-order valence-electron chi connectivity index (χ4n) is 4.62. The number of nitrogens with zero attached hydrogens (tertiary/aromatic N) is 3. The molecule has 0 aliphatic carbocycles. The van der Waals surface area contributed by atoms with E-state index in [0.29, 0.717) is 24.4 Å². The summed E-state index contributed by atoms with van der Waals surface area (Å²) in [6.45, 7) is 15.9. The number of aldehydes is 1. The average Bonchev–Trinajstić information content (AvgIpc) is 3.25. The molecule has 198 valence electrons. The molecule has 4 N–H and O–H groups in total. The number of imidazole rings is 1. The third-order valence-electron chi connectivity index (χ3n) is 6.80. The van der Waals surface area contributed by atoms with Crippen LogP contribution in [0.25, 0.3) is 11.3 Å². The van der Waals surface area contributed by atoms with Crippen molar-refractivity contribution in [2.24, 2.45) is 5.41 Å². The van der Waals surface area contributed by atoms with Crippen molar-refractivity contribution in [3.8, 4) is 11.3 Å². The summed E-state index contributed by atoms with van der Waals surface area (Å²) in [5.74, 6) is 0.907. The van der Waals surface area contributed by atoms with Crippen LogP contribution in [0.1, 0.15) is 65.4 Å². The molecular formula is C28H44N6O2. The van der Waals surface area contributed by atoms with Crippen LogP contribution < -0.4 is 10.6 Å². The van der Waals surface area contributed by atoms with E-state index in [1.807, 2.05) is 19.9 Å². The Morgan fingerprint density at radius 3 is 2.56 bits per heavy atom. The van der Waals surface area contributed by atoms with Gasteiger partial charge in [0.2, 0.25) is 0 Å². The minimum Gasteiger partial charge on any atom is -0.398 e. The summed E-state index contributed by atoms with van der Waals surface area (Å²) < 4.78 is 6.07. The molecule has 1 fully saturated rings. The number of anilines is 2. The molecule has 0 bridgehead atoms. The zero-order chi connectivity index (χ0) is 26.3. The number of rotatable bonds is 13. The van der Waals surface area contributed by atoms with Gasteiger partial charge < -0.3 is 30.6 Å². The fourth-order valence-corrected chi connectivity index (χ4v) is 4.62. The molecule has 2 aromatic rings. The van der Waals surface area contributed by atoms with Crippen molar-refractivity contribution in [1.82, 2.24) is 14.9 Å². The number of hydrogen-bond donors (Lipinski definition) is 3. The minimum atomic E-state index is -0.423. The monoisotopic (exact) mass is 496 g/mol. The molecule has 3 rings (SSSR count). The van der Waals surface area contributed by atoms with Gasteiger partial charge in [-0.15, -0.1) is 0 Å². The van der Waals surface area contributed by atoms with Gasteiger partial charge in [0.05, 0.1) is 23.6 Å². The van der Waals surface area contributed by atoms with E-state index < -0.39 is 5.60 Å². The number of aromatic nitrogens is 2. The van der Waals surface area contributed by atoms with Crippen molar-refractivity contribution in [2.75, 3.05) is 50.0 Å². The molecule has 36 heavy (non-hydrogen) atoms. The van der Waals surface area contributed by atoms with E-state index in [4.69, 9.17) is 20.9 Å². The molecule has 0 saturated carbocycles. The topological polar surface area (TPSA) is 111 Å². The van der Waals surface area contributed by atoms with Gasteiger partial charge in [0, 0.05) is 74.1 Å². The third kappa shape index (κ3) is 7.40. The maximum Gasteiger partial charge on any atom is 0.122 e. The first-order valence-corrected chi connectivity index (χ1v) is 13.1. The lowest BCUT2D eigenvalue weighted by Crippen LogP contribution is -2.50. The van der Waals surface area contributed by atoms with Gasteiger partial charge in [-0.1, -0.05) is 27.2 Å². The van der Waals surface area contributed by atoms with E-state index in [9.17, 15) is 4.79 Å². The predicted octanol–water partition coefficient (Wildman–Crippen LogP) is 4.53. The van der Waals surface area contributed by atoms with Crippen molar-refractivity contribution in [3.05, 3.63) is 29.7 Å². The Morgan fingerprint density at radius 2 is 1.92 bits per heavy atom. The largest absolute Gasteiger partial charge is 0.398 e. The third-order valence-corrected chi connectivity index (χ3v) is 6.80. The summed E-state index contributed by atoms with van der Waals surface area (Å²) in [6, 6.07) is 6.15. The van der Waals surface area contributed by atoms with Gasteiger partial charge in [0.25, 0.3) is 0 Å². The minimum absolute atomic E-state index is 0.00468. The Bertz CT molecular complexity index is 1020. The van der Waals surface area contributed by atoms with Gasteiger partial charge in [0.1, 0.15) is 12.1 Å². The van der Waals surface area contributed by atoms with Gasteiger partial charge >= 0.3 is 0 Å². The van der Waals surface area contributed by atoms with E-state index >= 15 is 0 Å². The second-order valence-corrected chi connectivity index (χ2v) is 11.3. The molecule has 1 aromatic carbocycles. The summed E-state index contributed by atoms with van der Waals surface area (Å²) in [6.07, 6.45) is 5.69. The van der Waals surface area contributed by atoms with Gasteiger partial charge in [0.15, 0.2) is 0 Å². The number of benzene rings is 1. The maximum atomic E-state index is 10.9. The fraction of sp³-hybridized carbons (Fsp3) is 0.607. The second kappa shape index (κ2) is 12.0. The number of piperazine rings is 1. The highest BCUT2D eigenvalue weighted by atomic mass is 16.5. The van der Waals surface area contributed by atoms with Gasteiger partial charge in [-0.3, -0.25) is 4.90 Å². The number of H-pyrrole nitrogens is 1. The first-order valence-electron chi connectivity index (χ1n) is 13.1. The Hall–Kier alpha value is -2.71. The summed E-state index contributed by atoms with van der Waals surface area (Å²) in [5, 5.41) is 7.85. The van der Waals surface area contributed by atoms with E-state index in [0.717, 1.165) is 81.0 Å². The van der Waals surface area contributed by atoms with E-state index in [-0.39, 0.29) is 5.41 Å². The van der Waals surface area contributed by atoms with Crippen molar-refractivity contribution in [2.45, 2.75) is 65.9 Å². The summed E-state index contributed by atoms with van der Waals surface area (Å²) >= 11 is 0. The summed E-state index contributed by atoms with van der Waals surface area (Å²) in [4.78, 5) is 23.8. The van der Waals surface area contributed by atoms with Crippen LogP contribution in [0.3, 0.4) is 0 Å². The van der Waals surface area contributed by atoms with Crippen molar-refractivity contribution >= 4 is 23.9 Å². The Balaban J connectivity index is 1.64. The molecule has 0 amide bonds. The second-order valence-electron chi connectivity index (χ2n) is 11.3. The average molecular weight is 497 g/mol. The number of aryl methyl sites for hydroxylation is 1. The lowest BCUT2D eigenvalue weighted by molar-refractivity contribution is -0.116. The molecule has 2 heterocycles. The zero-order valence-electron chi connectivity index (χ0n) is 22.7. The molecular weight excluding hydrogens is 452 g/mol. The van der Waals surface area contributed by atoms with Crippen LogP contribution in [0.2, 0.25) is 0 Å². The SMILES string of the molecule is CCCCc1nc(-c2cc(N3CCN(CC(C)(C)COC(C)(C)CC=O)CC3)ccc2N)c(C=N)[nH]1. The number of nitrogens with one attached hydrogen (secondary N) is 2. The van der Waals surface area contributed by atoms with Crippen LogP contribution in [0.5, 0.6) is 0 Å². The predicted molar refractivity (Wildman–Crippen MR) is 148 cm³/mol. The van der Waals surface area contributed by atoms with Gasteiger partial charge in [-0.05, 0) is 38.5 Å². The zero-order valence-corrected chi connectivity index (χ0v) is 22.7. The molecule has 1 saturated heterocycles. The van der Waals surface area contributed by atoms with Crippen molar-refractivity contribution < 1.29 is 9.53 Å². The molecule has 8 nitrogen and oxygen atoms in total. The van der Waals surface area contributed by atoms with Crippen LogP contribution in [0.15, 0.2) is 18.2 Å². The summed E-state index contributed by atoms with van der Waals surface area (Å²) in [7, 11) is 0. The Morgan fingerprint density at radius 1 is 1.19 bits per heavy atom. The van der Waals surface area contributed by atoms with Gasteiger partial charge in [-0.2, -0.15) is 0 Å². The first kappa shape index (κ1) is 27.9. The molecule has 0 radical (unpaired) electrons. The van der Waals surface area contributed by atoms with Crippen molar-refractivity contribution in [3.63, 3.8) is 0 Å². The number of aromatic amines is 1. The number of unbranched alkanes of at least 4 members (excludes halogenated alkanes) is 1. The lowest BCUT2D eigenvalue weighted by atomic mass is 9.93. The van der Waals surface area contributed by atoms with E-state index in [1.54, 1.807) is 0 Å². The highest BCUT2D eigenvalue weighted by Crippen LogP contribution is 2.32. The highest BCUT2D eigenvalue weighted by Gasteiger charge is 2.28. The molecule has 0 atom stereocenters. The normalized spacial score (nSPS) is 15.3. The highest BCUT2D eigenvalue weighted by molar-refractivity contribution is 5.89. The number of ether oxygens (including phenoxy) is 1. The van der Waals surface area contributed by atoms with Crippen LogP contribution in [0, 0.1) is 10.8 Å². The molecule has 8 heteroatoms. The smallest absolute Gasteiger partial charge is 0.122 e. The molecule has 0 spiro atoms.